The number of urea groups is 1. The minimum absolute atomic E-state index is 0.0444. The van der Waals surface area contributed by atoms with Crippen LogP contribution >= 0.6 is 0 Å². The second-order valence-electron chi connectivity index (χ2n) is 6.20. The van der Waals surface area contributed by atoms with Gasteiger partial charge in [-0.15, -0.1) is 0 Å². The van der Waals surface area contributed by atoms with Crippen LogP contribution in [0.3, 0.4) is 0 Å². The lowest BCUT2D eigenvalue weighted by atomic mass is 9.86. The van der Waals surface area contributed by atoms with E-state index in [2.05, 4.69) is 10.6 Å². The number of nitrogens with one attached hydrogen (secondary N) is 2. The van der Waals surface area contributed by atoms with Crippen LogP contribution in [-0.4, -0.2) is 36.8 Å². The summed E-state index contributed by atoms with van der Waals surface area (Å²) in [6.07, 6.45) is -0.281. The first kappa shape index (κ1) is 18.4. The minimum atomic E-state index is -2.71. The van der Waals surface area contributed by atoms with Crippen LogP contribution in [0.1, 0.15) is 26.2 Å². The van der Waals surface area contributed by atoms with E-state index in [1.807, 2.05) is 6.92 Å². The van der Waals surface area contributed by atoms with Crippen LogP contribution < -0.4 is 15.4 Å². The largest absolute Gasteiger partial charge is 0.485 e. The molecule has 0 radical (unpaired) electrons. The molecule has 0 aromatic heterocycles. The topological polar surface area (TPSA) is 70.6 Å². The van der Waals surface area contributed by atoms with Crippen LogP contribution in [-0.2, 0) is 0 Å². The number of carbonyl (C=O) groups excluding carboxylic acids is 1. The maximum Gasteiger partial charge on any atom is 0.319 e. The average Bonchev–Trinajstić information content (AvgIpc) is 2.89. The monoisotopic (exact) mass is 346 g/mol. The molecule has 5 nitrogen and oxygen atoms in total. The van der Waals surface area contributed by atoms with Gasteiger partial charge in [0.2, 0.25) is 0 Å². The summed E-state index contributed by atoms with van der Waals surface area (Å²) >= 11 is 0. The quantitative estimate of drug-likeness (QED) is 0.741. The summed E-state index contributed by atoms with van der Waals surface area (Å²) in [5, 5.41) is 14.7. The summed E-state index contributed by atoms with van der Waals surface area (Å²) < 4.78 is 42.6. The van der Waals surface area contributed by atoms with Crippen LogP contribution in [0.2, 0.25) is 0 Å². The first-order valence-electron chi connectivity index (χ1n) is 7.73. The third-order valence-electron chi connectivity index (χ3n) is 4.31. The Morgan fingerprint density at radius 2 is 2.25 bits per heavy atom. The van der Waals surface area contributed by atoms with Gasteiger partial charge in [0.1, 0.15) is 18.2 Å². The van der Waals surface area contributed by atoms with Crippen molar-refractivity contribution in [2.45, 2.75) is 38.7 Å². The van der Waals surface area contributed by atoms with Gasteiger partial charge in [0.25, 0.3) is 6.43 Å². The number of halogens is 3. The summed E-state index contributed by atoms with van der Waals surface area (Å²) in [4.78, 5) is 12.1. The number of aliphatic hydroxyl groups excluding tert-OH is 1. The molecule has 0 bridgehead atoms. The van der Waals surface area contributed by atoms with Gasteiger partial charge >= 0.3 is 6.03 Å². The van der Waals surface area contributed by atoms with E-state index in [0.717, 1.165) is 31.4 Å². The SMILES string of the molecule is CC1(CO)CCCC1NC(=O)Nc1ccc(F)cc1OCC(F)F. The number of ether oxygens (including phenoxy) is 1. The van der Waals surface area contributed by atoms with Gasteiger partial charge in [-0.25, -0.2) is 18.0 Å². The fraction of sp³-hybridized carbons (Fsp3) is 0.562. The van der Waals surface area contributed by atoms with Crippen molar-refractivity contribution < 1.29 is 27.8 Å². The van der Waals surface area contributed by atoms with Crippen molar-refractivity contribution in [3.05, 3.63) is 24.0 Å². The maximum absolute atomic E-state index is 13.3. The zero-order valence-electron chi connectivity index (χ0n) is 13.3. The number of aliphatic hydroxyl groups is 1. The van der Waals surface area contributed by atoms with Crippen molar-refractivity contribution in [1.82, 2.24) is 5.32 Å². The molecule has 134 valence electrons. The molecule has 1 saturated carbocycles. The van der Waals surface area contributed by atoms with E-state index in [-0.39, 0.29) is 24.1 Å². The van der Waals surface area contributed by atoms with Gasteiger partial charge in [-0.3, -0.25) is 0 Å². The Balaban J connectivity index is 2.03. The Labute approximate surface area is 138 Å². The molecule has 24 heavy (non-hydrogen) atoms. The predicted octanol–water partition coefficient (Wildman–Crippen LogP) is 3.14. The first-order valence-corrected chi connectivity index (χ1v) is 7.73. The molecule has 1 aliphatic rings. The lowest BCUT2D eigenvalue weighted by Crippen LogP contribution is -2.46. The van der Waals surface area contributed by atoms with E-state index in [9.17, 15) is 23.1 Å². The van der Waals surface area contributed by atoms with Crippen molar-refractivity contribution in [3.8, 4) is 5.75 Å². The van der Waals surface area contributed by atoms with E-state index in [4.69, 9.17) is 4.74 Å². The van der Waals surface area contributed by atoms with Gasteiger partial charge < -0.3 is 20.5 Å². The molecule has 2 atom stereocenters. The van der Waals surface area contributed by atoms with Crippen LogP contribution in [0.25, 0.3) is 0 Å². The molecule has 0 heterocycles. The Morgan fingerprint density at radius 1 is 1.50 bits per heavy atom. The highest BCUT2D eigenvalue weighted by Crippen LogP contribution is 2.37. The first-order chi connectivity index (χ1) is 11.3. The highest BCUT2D eigenvalue weighted by atomic mass is 19.3. The van der Waals surface area contributed by atoms with Crippen molar-refractivity contribution >= 4 is 11.7 Å². The van der Waals surface area contributed by atoms with Gasteiger partial charge in [-0.1, -0.05) is 13.3 Å². The number of rotatable bonds is 6. The fourth-order valence-electron chi connectivity index (χ4n) is 2.86. The molecule has 2 rings (SSSR count). The normalized spacial score (nSPS) is 23.3. The fourth-order valence-corrected chi connectivity index (χ4v) is 2.86. The highest BCUT2D eigenvalue weighted by Gasteiger charge is 2.39. The number of alkyl halides is 2. The molecule has 1 aromatic rings. The van der Waals surface area contributed by atoms with Crippen LogP contribution in [0.15, 0.2) is 18.2 Å². The molecule has 2 amide bonds. The standard InChI is InChI=1S/C16H21F3N2O3/c1-16(9-22)6-2-3-13(16)21-15(23)20-11-5-4-10(17)7-12(11)24-8-14(18)19/h4-5,7,13-14,22H,2-3,6,8-9H2,1H3,(H2,20,21,23). The van der Waals surface area contributed by atoms with E-state index in [0.29, 0.717) is 0 Å². The summed E-state index contributed by atoms with van der Waals surface area (Å²) in [5.74, 6) is -0.823. The van der Waals surface area contributed by atoms with Gasteiger partial charge in [0, 0.05) is 17.5 Å². The number of hydrogen-bond donors (Lipinski definition) is 3. The van der Waals surface area contributed by atoms with Crippen molar-refractivity contribution in [3.63, 3.8) is 0 Å². The molecule has 8 heteroatoms. The Bertz CT molecular complexity index is 586. The second kappa shape index (κ2) is 7.74. The molecule has 1 fully saturated rings. The zero-order chi connectivity index (χ0) is 17.7. The van der Waals surface area contributed by atoms with E-state index in [1.54, 1.807) is 0 Å². The third kappa shape index (κ3) is 4.53. The second-order valence-corrected chi connectivity index (χ2v) is 6.20. The summed E-state index contributed by atoms with van der Waals surface area (Å²) in [7, 11) is 0. The molecule has 1 aromatic carbocycles. The number of hydrogen-bond acceptors (Lipinski definition) is 3. The summed E-state index contributed by atoms with van der Waals surface area (Å²) in [5.41, 5.74) is -0.298. The number of carbonyl (C=O) groups is 1. The van der Waals surface area contributed by atoms with Crippen molar-refractivity contribution in [2.24, 2.45) is 5.41 Å². The van der Waals surface area contributed by atoms with Crippen LogP contribution in [0.5, 0.6) is 5.75 Å². The van der Waals surface area contributed by atoms with Gasteiger partial charge in [0.05, 0.1) is 12.3 Å². The van der Waals surface area contributed by atoms with Crippen LogP contribution in [0, 0.1) is 11.2 Å². The number of amides is 2. The molecule has 3 N–H and O–H groups in total. The maximum atomic E-state index is 13.3. The number of anilines is 1. The molecular weight excluding hydrogens is 325 g/mol. The minimum Gasteiger partial charge on any atom is -0.485 e. The summed E-state index contributed by atoms with van der Waals surface area (Å²) in [6.45, 7) is 0.947. The Kier molecular flexibility index (Phi) is 5.93. The lowest BCUT2D eigenvalue weighted by molar-refractivity contribution is 0.0821. The predicted molar refractivity (Wildman–Crippen MR) is 82.9 cm³/mol. The lowest BCUT2D eigenvalue weighted by Gasteiger charge is -2.30. The van der Waals surface area contributed by atoms with E-state index >= 15 is 0 Å². The molecule has 0 spiro atoms. The Morgan fingerprint density at radius 3 is 2.92 bits per heavy atom. The van der Waals surface area contributed by atoms with Crippen LogP contribution in [0.4, 0.5) is 23.7 Å². The zero-order valence-corrected chi connectivity index (χ0v) is 13.3. The smallest absolute Gasteiger partial charge is 0.319 e. The Hall–Kier alpha value is -1.96. The summed E-state index contributed by atoms with van der Waals surface area (Å²) in [6, 6.07) is 2.52. The number of benzene rings is 1. The third-order valence-corrected chi connectivity index (χ3v) is 4.31. The van der Waals surface area contributed by atoms with Crippen molar-refractivity contribution in [2.75, 3.05) is 18.5 Å². The molecule has 0 saturated heterocycles. The van der Waals surface area contributed by atoms with E-state index < -0.39 is 30.3 Å². The van der Waals surface area contributed by atoms with E-state index in [1.165, 1.54) is 6.07 Å². The van der Waals surface area contributed by atoms with Gasteiger partial charge in [-0.2, -0.15) is 0 Å². The highest BCUT2D eigenvalue weighted by molar-refractivity contribution is 5.91. The van der Waals surface area contributed by atoms with Gasteiger partial charge in [-0.05, 0) is 25.0 Å². The average molecular weight is 346 g/mol. The molecule has 1 aliphatic carbocycles. The molecular formula is C16H21F3N2O3. The molecule has 2 unspecified atom stereocenters. The van der Waals surface area contributed by atoms with Gasteiger partial charge in [0.15, 0.2) is 0 Å². The molecule has 0 aliphatic heterocycles. The van der Waals surface area contributed by atoms with Crippen molar-refractivity contribution in [1.29, 1.82) is 0 Å².